The maximum absolute atomic E-state index is 12.9. The minimum atomic E-state index is 0.107. The van der Waals surface area contributed by atoms with E-state index in [4.69, 9.17) is 0 Å². The third-order valence-corrected chi connectivity index (χ3v) is 4.83. The monoisotopic (exact) mass is 327 g/mol. The highest BCUT2D eigenvalue weighted by atomic mass is 16.3. The topological polar surface area (TPSA) is 58.4 Å². The summed E-state index contributed by atoms with van der Waals surface area (Å²) in [6.45, 7) is 2.72. The van der Waals surface area contributed by atoms with E-state index >= 15 is 0 Å². The smallest absolute Gasteiger partial charge is 0.257 e. The van der Waals surface area contributed by atoms with Crippen molar-refractivity contribution >= 4 is 5.91 Å². The number of hydrogen-bond acceptors (Lipinski definition) is 3. The van der Waals surface area contributed by atoms with Crippen molar-refractivity contribution in [2.45, 2.75) is 45.1 Å². The summed E-state index contributed by atoms with van der Waals surface area (Å²) in [5.74, 6) is 0.399. The van der Waals surface area contributed by atoms with Crippen LogP contribution >= 0.6 is 0 Å². The Bertz CT molecular complexity index is 706. The SMILES string of the molecule is Cc1nn(C)cc1C(=O)N1CCCC[C@@H]1CCc1ccc(O)cc1. The van der Waals surface area contributed by atoms with Crippen molar-refractivity contribution in [1.29, 1.82) is 0 Å². The molecule has 128 valence electrons. The van der Waals surface area contributed by atoms with E-state index in [0.29, 0.717) is 11.3 Å². The maximum Gasteiger partial charge on any atom is 0.257 e. The first-order valence-corrected chi connectivity index (χ1v) is 8.63. The van der Waals surface area contributed by atoms with Crippen LogP contribution in [0.5, 0.6) is 5.75 Å². The third kappa shape index (κ3) is 3.61. The van der Waals surface area contributed by atoms with E-state index in [-0.39, 0.29) is 11.9 Å². The summed E-state index contributed by atoms with van der Waals surface area (Å²) >= 11 is 0. The number of aromatic nitrogens is 2. The lowest BCUT2D eigenvalue weighted by Gasteiger charge is -2.36. The Kier molecular flexibility index (Phi) is 4.88. The number of aromatic hydroxyl groups is 1. The number of nitrogens with zero attached hydrogens (tertiary/aromatic N) is 3. The number of likely N-dealkylation sites (tertiary alicyclic amines) is 1. The number of piperidine rings is 1. The average molecular weight is 327 g/mol. The zero-order valence-electron chi connectivity index (χ0n) is 14.4. The van der Waals surface area contributed by atoms with Gasteiger partial charge in [0, 0.05) is 25.8 Å². The van der Waals surface area contributed by atoms with Gasteiger partial charge < -0.3 is 10.0 Å². The molecule has 1 fully saturated rings. The summed E-state index contributed by atoms with van der Waals surface area (Å²) in [5.41, 5.74) is 2.71. The number of rotatable bonds is 4. The summed E-state index contributed by atoms with van der Waals surface area (Å²) in [6, 6.07) is 7.63. The third-order valence-electron chi connectivity index (χ3n) is 4.83. The Balaban J connectivity index is 1.70. The minimum Gasteiger partial charge on any atom is -0.508 e. The molecule has 0 saturated carbocycles. The summed E-state index contributed by atoms with van der Waals surface area (Å²) < 4.78 is 1.71. The Morgan fingerprint density at radius 1 is 1.29 bits per heavy atom. The second kappa shape index (κ2) is 7.07. The second-order valence-corrected chi connectivity index (χ2v) is 6.66. The summed E-state index contributed by atoms with van der Waals surface area (Å²) in [4.78, 5) is 15.0. The van der Waals surface area contributed by atoms with Crippen LogP contribution in [0.4, 0.5) is 0 Å². The predicted molar refractivity (Wildman–Crippen MR) is 93.0 cm³/mol. The van der Waals surface area contributed by atoms with Crippen molar-refractivity contribution in [2.75, 3.05) is 6.54 Å². The highest BCUT2D eigenvalue weighted by Crippen LogP contribution is 2.24. The van der Waals surface area contributed by atoms with E-state index in [2.05, 4.69) is 5.10 Å². The van der Waals surface area contributed by atoms with Crippen LogP contribution in [0.2, 0.25) is 0 Å². The lowest BCUT2D eigenvalue weighted by molar-refractivity contribution is 0.0601. The minimum absolute atomic E-state index is 0.107. The summed E-state index contributed by atoms with van der Waals surface area (Å²) in [5, 5.41) is 13.7. The molecule has 0 bridgehead atoms. The van der Waals surface area contributed by atoms with Gasteiger partial charge in [0.2, 0.25) is 0 Å². The van der Waals surface area contributed by atoms with E-state index in [9.17, 15) is 9.90 Å². The van der Waals surface area contributed by atoms with Crippen LogP contribution in [0, 0.1) is 6.92 Å². The van der Waals surface area contributed by atoms with Gasteiger partial charge in [-0.2, -0.15) is 5.10 Å². The second-order valence-electron chi connectivity index (χ2n) is 6.66. The first-order valence-electron chi connectivity index (χ1n) is 8.63. The number of hydrogen-bond donors (Lipinski definition) is 1. The normalized spacial score (nSPS) is 17.9. The summed E-state index contributed by atoms with van der Waals surface area (Å²) in [6.07, 6.45) is 7.00. The van der Waals surface area contributed by atoms with Crippen LogP contribution < -0.4 is 0 Å². The lowest BCUT2D eigenvalue weighted by atomic mass is 9.95. The molecule has 1 N–H and O–H groups in total. The van der Waals surface area contributed by atoms with Gasteiger partial charge in [-0.1, -0.05) is 12.1 Å². The number of amides is 1. The van der Waals surface area contributed by atoms with E-state index in [1.807, 2.05) is 37.2 Å². The average Bonchev–Trinajstić information content (AvgIpc) is 2.92. The fraction of sp³-hybridized carbons (Fsp3) is 0.474. The number of carbonyl (C=O) groups excluding carboxylic acids is 1. The van der Waals surface area contributed by atoms with Gasteiger partial charge in [0.25, 0.3) is 5.91 Å². The Morgan fingerprint density at radius 2 is 2.04 bits per heavy atom. The van der Waals surface area contributed by atoms with E-state index in [1.165, 1.54) is 12.0 Å². The molecule has 1 saturated heterocycles. The molecule has 0 unspecified atom stereocenters. The zero-order valence-corrected chi connectivity index (χ0v) is 14.4. The van der Waals surface area contributed by atoms with Crippen molar-refractivity contribution < 1.29 is 9.90 Å². The highest BCUT2D eigenvalue weighted by Gasteiger charge is 2.28. The molecule has 2 aromatic rings. The molecule has 5 heteroatoms. The molecule has 1 aromatic carbocycles. The first kappa shape index (κ1) is 16.6. The Labute approximate surface area is 142 Å². The van der Waals surface area contributed by atoms with E-state index < -0.39 is 0 Å². The molecule has 1 aliphatic rings. The van der Waals surface area contributed by atoms with Gasteiger partial charge in [-0.15, -0.1) is 0 Å². The van der Waals surface area contributed by atoms with E-state index in [0.717, 1.165) is 37.9 Å². The molecular formula is C19H25N3O2. The zero-order chi connectivity index (χ0) is 17.1. The molecule has 0 spiro atoms. The van der Waals surface area contributed by atoms with Crippen molar-refractivity contribution in [3.8, 4) is 5.75 Å². The van der Waals surface area contributed by atoms with Gasteiger partial charge >= 0.3 is 0 Å². The molecule has 5 nitrogen and oxygen atoms in total. The standard InChI is InChI=1S/C19H25N3O2/c1-14-18(13-21(2)20-14)19(24)22-12-4-3-5-16(22)9-6-15-7-10-17(23)11-8-15/h7-8,10-11,13,16,23H,3-6,9,12H2,1-2H3/t16-/m1/s1. The van der Waals surface area contributed by atoms with Crippen LogP contribution in [0.3, 0.4) is 0 Å². The van der Waals surface area contributed by atoms with Gasteiger partial charge in [-0.25, -0.2) is 0 Å². The number of phenols is 1. The first-order chi connectivity index (χ1) is 11.5. The van der Waals surface area contributed by atoms with Crippen LogP contribution in [-0.4, -0.2) is 38.3 Å². The maximum atomic E-state index is 12.9. The van der Waals surface area contributed by atoms with Crippen molar-refractivity contribution in [2.24, 2.45) is 7.05 Å². The molecule has 24 heavy (non-hydrogen) atoms. The molecule has 1 aromatic heterocycles. The van der Waals surface area contributed by atoms with Gasteiger partial charge in [0.15, 0.2) is 0 Å². The lowest BCUT2D eigenvalue weighted by Crippen LogP contribution is -2.44. The molecule has 3 rings (SSSR count). The molecule has 1 aliphatic heterocycles. The van der Waals surface area contributed by atoms with Gasteiger partial charge in [0.1, 0.15) is 5.75 Å². The molecule has 0 aliphatic carbocycles. The molecular weight excluding hydrogens is 302 g/mol. The molecule has 2 heterocycles. The van der Waals surface area contributed by atoms with Crippen molar-refractivity contribution in [1.82, 2.24) is 14.7 Å². The quantitative estimate of drug-likeness (QED) is 0.939. The van der Waals surface area contributed by atoms with Gasteiger partial charge in [-0.3, -0.25) is 9.48 Å². The van der Waals surface area contributed by atoms with Crippen molar-refractivity contribution in [3.05, 3.63) is 47.3 Å². The molecule has 1 amide bonds. The Morgan fingerprint density at radius 3 is 2.71 bits per heavy atom. The highest BCUT2D eigenvalue weighted by molar-refractivity contribution is 5.95. The van der Waals surface area contributed by atoms with Crippen LogP contribution in [-0.2, 0) is 13.5 Å². The van der Waals surface area contributed by atoms with Crippen LogP contribution in [0.1, 0.15) is 47.3 Å². The van der Waals surface area contributed by atoms with Crippen LogP contribution in [0.15, 0.2) is 30.5 Å². The fourth-order valence-electron chi connectivity index (χ4n) is 3.53. The summed E-state index contributed by atoms with van der Waals surface area (Å²) in [7, 11) is 1.85. The molecule has 0 radical (unpaired) electrons. The number of aryl methyl sites for hydroxylation is 3. The fourth-order valence-corrected chi connectivity index (χ4v) is 3.53. The Hall–Kier alpha value is -2.30. The number of benzene rings is 1. The van der Waals surface area contributed by atoms with Crippen LogP contribution in [0.25, 0.3) is 0 Å². The largest absolute Gasteiger partial charge is 0.508 e. The number of phenolic OH excluding ortho intramolecular Hbond substituents is 1. The van der Waals surface area contributed by atoms with Gasteiger partial charge in [-0.05, 0) is 56.7 Å². The molecule has 1 atom stereocenters. The predicted octanol–water partition coefficient (Wildman–Crippen LogP) is 3.06. The number of carbonyl (C=O) groups is 1. The van der Waals surface area contributed by atoms with Crippen molar-refractivity contribution in [3.63, 3.8) is 0 Å². The van der Waals surface area contributed by atoms with Gasteiger partial charge in [0.05, 0.1) is 11.3 Å². The van der Waals surface area contributed by atoms with E-state index in [1.54, 1.807) is 16.8 Å².